The fraction of sp³-hybridized carbons (Fsp3) is 0.406. The number of aromatic nitrogens is 2. The normalized spacial score (nSPS) is 14.7. The second-order valence-electron chi connectivity index (χ2n) is 11.9. The zero-order valence-electron chi connectivity index (χ0n) is 24.0. The summed E-state index contributed by atoms with van der Waals surface area (Å²) in [5.74, 6) is 0.165. The van der Waals surface area contributed by atoms with Crippen molar-refractivity contribution in [3.8, 4) is 16.9 Å². The lowest BCUT2D eigenvalue weighted by atomic mass is 9.86. The van der Waals surface area contributed by atoms with E-state index >= 15 is 0 Å². The number of esters is 1. The summed E-state index contributed by atoms with van der Waals surface area (Å²) in [6.07, 6.45) is -1.81. The van der Waals surface area contributed by atoms with Crippen molar-refractivity contribution in [3.63, 3.8) is 0 Å². The third-order valence-electron chi connectivity index (χ3n) is 7.41. The monoisotopic (exact) mass is 566 g/mol. The van der Waals surface area contributed by atoms with Crippen LogP contribution in [-0.4, -0.2) is 40.9 Å². The molecule has 216 valence electrons. The first-order chi connectivity index (χ1) is 19.2. The fourth-order valence-electron chi connectivity index (χ4n) is 5.14. The topological polar surface area (TPSA) is 70.5 Å². The SMILES string of the molecule is Cc1cc2ncccc2c(-c2ccc3c4c(ccnc24)CCO3)c1[C@H](COC(=O)C(C)(C)C)OC(C)(C)C(F)(F)F. The largest absolute Gasteiger partial charge is 0.493 e. The maximum atomic E-state index is 14.2. The van der Waals surface area contributed by atoms with E-state index in [0.717, 1.165) is 24.8 Å². The van der Waals surface area contributed by atoms with E-state index < -0.39 is 35.9 Å². The Bertz CT molecular complexity index is 1630. The minimum absolute atomic E-state index is 0.410. The second kappa shape index (κ2) is 10.3. The van der Waals surface area contributed by atoms with Gasteiger partial charge in [0.05, 0.1) is 23.1 Å². The molecule has 0 fully saturated rings. The van der Waals surface area contributed by atoms with Crippen molar-refractivity contribution in [2.24, 2.45) is 5.41 Å². The number of ether oxygens (including phenoxy) is 3. The molecule has 2 aromatic carbocycles. The average molecular weight is 567 g/mol. The van der Waals surface area contributed by atoms with Crippen LogP contribution in [0.1, 0.15) is 57.4 Å². The van der Waals surface area contributed by atoms with Crippen molar-refractivity contribution in [3.05, 3.63) is 65.5 Å². The number of aryl methyl sites for hydroxylation is 1. The summed E-state index contributed by atoms with van der Waals surface area (Å²) in [6.45, 7) is 8.96. The van der Waals surface area contributed by atoms with Gasteiger partial charge in [0.1, 0.15) is 18.5 Å². The van der Waals surface area contributed by atoms with Crippen LogP contribution in [0.15, 0.2) is 48.8 Å². The lowest BCUT2D eigenvalue weighted by Crippen LogP contribution is -2.43. The number of alkyl halides is 3. The molecule has 0 N–H and O–H groups in total. The smallest absolute Gasteiger partial charge is 0.416 e. The quantitative estimate of drug-likeness (QED) is 0.223. The summed E-state index contributed by atoms with van der Waals surface area (Å²) >= 11 is 0. The van der Waals surface area contributed by atoms with E-state index in [2.05, 4.69) is 4.98 Å². The first kappa shape index (κ1) is 28.8. The summed E-state index contributed by atoms with van der Waals surface area (Å²) in [5.41, 5.74) is 1.48. The van der Waals surface area contributed by atoms with Crippen LogP contribution in [0.2, 0.25) is 0 Å². The van der Waals surface area contributed by atoms with Gasteiger partial charge in [-0.1, -0.05) is 6.07 Å². The van der Waals surface area contributed by atoms with Gasteiger partial charge in [-0.2, -0.15) is 13.2 Å². The Morgan fingerprint density at radius 2 is 1.80 bits per heavy atom. The van der Waals surface area contributed by atoms with Crippen molar-refractivity contribution in [2.75, 3.05) is 13.2 Å². The van der Waals surface area contributed by atoms with Gasteiger partial charge in [-0.15, -0.1) is 0 Å². The summed E-state index contributed by atoms with van der Waals surface area (Å²) < 4.78 is 59.8. The molecule has 1 aliphatic rings. The van der Waals surface area contributed by atoms with Gasteiger partial charge >= 0.3 is 12.1 Å². The second-order valence-corrected chi connectivity index (χ2v) is 11.9. The zero-order valence-corrected chi connectivity index (χ0v) is 24.0. The van der Waals surface area contributed by atoms with E-state index in [-0.39, 0.29) is 0 Å². The number of nitrogens with zero attached hydrogens (tertiary/aromatic N) is 2. The van der Waals surface area contributed by atoms with E-state index in [1.54, 1.807) is 46.2 Å². The van der Waals surface area contributed by atoms with Crippen LogP contribution in [-0.2, 0) is 20.7 Å². The number of hydrogen-bond donors (Lipinski definition) is 0. The van der Waals surface area contributed by atoms with Gasteiger partial charge in [0.15, 0.2) is 5.60 Å². The minimum atomic E-state index is -4.68. The molecule has 0 radical (unpaired) electrons. The standard InChI is InChI=1S/C32H33F3N2O4/c1-18-16-22-20(8-7-13-36-22)27(21-9-10-23-26-19(12-15-39-23)11-14-37-28(21)26)25(18)24(17-40-29(38)30(2,3)4)41-31(5,6)32(33,34)35/h7-11,13-14,16,24H,12,15,17H2,1-6H3/t24-/m0/s1. The van der Waals surface area contributed by atoms with Crippen molar-refractivity contribution >= 4 is 27.8 Å². The molecular weight excluding hydrogens is 533 g/mol. The Balaban J connectivity index is 1.79. The Labute approximate surface area is 236 Å². The van der Waals surface area contributed by atoms with Crippen LogP contribution in [0.3, 0.4) is 0 Å². The third-order valence-corrected chi connectivity index (χ3v) is 7.41. The third kappa shape index (κ3) is 5.35. The number of carbonyl (C=O) groups excluding carboxylic acids is 1. The molecule has 1 atom stereocenters. The van der Waals surface area contributed by atoms with Crippen molar-refractivity contribution in [2.45, 2.75) is 65.8 Å². The Hall–Kier alpha value is -3.72. The van der Waals surface area contributed by atoms with E-state index in [9.17, 15) is 18.0 Å². The van der Waals surface area contributed by atoms with Gasteiger partial charge in [-0.3, -0.25) is 14.8 Å². The number of rotatable bonds is 6. The molecule has 2 aromatic heterocycles. The number of halogens is 3. The molecule has 0 aliphatic carbocycles. The number of benzene rings is 2. The van der Waals surface area contributed by atoms with Gasteiger partial charge in [-0.05, 0) is 94.1 Å². The van der Waals surface area contributed by atoms with Gasteiger partial charge in [0.25, 0.3) is 0 Å². The molecular formula is C32H33F3N2O4. The summed E-state index contributed by atoms with van der Waals surface area (Å²) in [7, 11) is 0. The van der Waals surface area contributed by atoms with E-state index in [0.29, 0.717) is 57.5 Å². The number of pyridine rings is 2. The first-order valence-corrected chi connectivity index (χ1v) is 13.5. The lowest BCUT2D eigenvalue weighted by molar-refractivity contribution is -0.281. The highest BCUT2D eigenvalue weighted by Crippen LogP contribution is 2.46. The zero-order chi connectivity index (χ0) is 29.7. The average Bonchev–Trinajstić information content (AvgIpc) is 2.90. The highest BCUT2D eigenvalue weighted by molar-refractivity contribution is 6.07. The Kier molecular flexibility index (Phi) is 7.22. The van der Waals surface area contributed by atoms with Crippen LogP contribution in [0, 0.1) is 12.3 Å². The molecule has 0 amide bonds. The van der Waals surface area contributed by atoms with Crippen molar-refractivity contribution < 1.29 is 32.2 Å². The van der Waals surface area contributed by atoms with Crippen molar-refractivity contribution in [1.29, 1.82) is 0 Å². The van der Waals surface area contributed by atoms with Crippen LogP contribution in [0.5, 0.6) is 5.75 Å². The molecule has 4 aromatic rings. The van der Waals surface area contributed by atoms with Gasteiger partial charge in [-0.25, -0.2) is 0 Å². The van der Waals surface area contributed by atoms with Crippen LogP contribution in [0.4, 0.5) is 13.2 Å². The van der Waals surface area contributed by atoms with E-state index in [4.69, 9.17) is 19.2 Å². The molecule has 41 heavy (non-hydrogen) atoms. The van der Waals surface area contributed by atoms with Crippen LogP contribution < -0.4 is 4.74 Å². The highest BCUT2D eigenvalue weighted by atomic mass is 19.4. The molecule has 0 unspecified atom stereocenters. The number of hydrogen-bond acceptors (Lipinski definition) is 6. The molecule has 0 saturated heterocycles. The van der Waals surface area contributed by atoms with Crippen molar-refractivity contribution in [1.82, 2.24) is 9.97 Å². The molecule has 6 nitrogen and oxygen atoms in total. The molecule has 9 heteroatoms. The van der Waals surface area contributed by atoms with Crippen LogP contribution >= 0.6 is 0 Å². The predicted molar refractivity (Wildman–Crippen MR) is 151 cm³/mol. The maximum absolute atomic E-state index is 14.2. The van der Waals surface area contributed by atoms with Gasteiger partial charge in [0.2, 0.25) is 0 Å². The molecule has 0 saturated carbocycles. The molecule has 1 aliphatic heterocycles. The van der Waals surface area contributed by atoms with Crippen LogP contribution in [0.25, 0.3) is 32.9 Å². The minimum Gasteiger partial charge on any atom is -0.493 e. The summed E-state index contributed by atoms with van der Waals surface area (Å²) in [4.78, 5) is 22.0. The molecule has 0 bridgehead atoms. The van der Waals surface area contributed by atoms with E-state index in [1.165, 1.54) is 0 Å². The van der Waals surface area contributed by atoms with E-state index in [1.807, 2.05) is 30.3 Å². The predicted octanol–water partition coefficient (Wildman–Crippen LogP) is 7.68. The highest BCUT2D eigenvalue weighted by Gasteiger charge is 2.50. The molecule has 5 rings (SSSR count). The first-order valence-electron chi connectivity index (χ1n) is 13.5. The maximum Gasteiger partial charge on any atom is 0.416 e. The van der Waals surface area contributed by atoms with Gasteiger partial charge < -0.3 is 14.2 Å². The Morgan fingerprint density at radius 3 is 2.51 bits per heavy atom. The fourth-order valence-corrected chi connectivity index (χ4v) is 5.14. The molecule has 3 heterocycles. The summed E-state index contributed by atoms with van der Waals surface area (Å²) in [6, 6.07) is 11.2. The Morgan fingerprint density at radius 1 is 1.05 bits per heavy atom. The summed E-state index contributed by atoms with van der Waals surface area (Å²) in [5, 5.41) is 1.58. The lowest BCUT2D eigenvalue weighted by Gasteiger charge is -2.34. The number of carbonyl (C=O) groups is 1. The van der Waals surface area contributed by atoms with Gasteiger partial charge in [0, 0.05) is 35.2 Å². The molecule has 0 spiro atoms. The number of fused-ring (bicyclic) bond motifs is 1.